The van der Waals surface area contributed by atoms with Gasteiger partial charge in [-0.25, -0.2) is 0 Å². The predicted octanol–water partition coefficient (Wildman–Crippen LogP) is 4.53. The highest BCUT2D eigenvalue weighted by Gasteiger charge is 2.18. The third kappa shape index (κ3) is 4.81. The largest absolute Gasteiger partial charge is 0.493 e. The smallest absolute Gasteiger partial charge is 0.231 e. The first-order valence-corrected chi connectivity index (χ1v) is 9.15. The molecule has 0 unspecified atom stereocenters. The molecule has 0 spiro atoms. The van der Waals surface area contributed by atoms with Crippen molar-refractivity contribution in [3.8, 4) is 11.5 Å². The standard InChI is InChI=1S/C22H21ClN2O3/c1-27-20-11-6-16(13-21(20)28-2)14-22(26)25(15-18-5-3-4-12-24-18)19-9-7-17(23)8-10-19/h3-13H,14-15H2,1-2H3. The summed E-state index contributed by atoms with van der Waals surface area (Å²) in [6.07, 6.45) is 1.93. The molecule has 1 amide bonds. The molecule has 6 heteroatoms. The van der Waals surface area contributed by atoms with E-state index in [1.165, 1.54) is 0 Å². The van der Waals surface area contributed by atoms with Gasteiger partial charge in [-0.2, -0.15) is 0 Å². The highest BCUT2D eigenvalue weighted by atomic mass is 35.5. The van der Waals surface area contributed by atoms with Gasteiger partial charge in [0.2, 0.25) is 5.91 Å². The number of rotatable bonds is 7. The van der Waals surface area contributed by atoms with E-state index in [2.05, 4.69) is 4.98 Å². The SMILES string of the molecule is COc1ccc(CC(=O)N(Cc2ccccn2)c2ccc(Cl)cc2)cc1OC. The number of carbonyl (C=O) groups excluding carboxylic acids is 1. The number of aromatic nitrogens is 1. The van der Waals surface area contributed by atoms with E-state index in [-0.39, 0.29) is 12.3 Å². The van der Waals surface area contributed by atoms with Crippen LogP contribution in [0.4, 0.5) is 5.69 Å². The number of methoxy groups -OCH3 is 2. The minimum Gasteiger partial charge on any atom is -0.493 e. The van der Waals surface area contributed by atoms with E-state index in [9.17, 15) is 4.79 Å². The van der Waals surface area contributed by atoms with Crippen LogP contribution in [0.25, 0.3) is 0 Å². The Morgan fingerprint density at radius 1 is 1.00 bits per heavy atom. The van der Waals surface area contributed by atoms with Crippen molar-refractivity contribution in [2.45, 2.75) is 13.0 Å². The molecule has 0 aliphatic heterocycles. The van der Waals surface area contributed by atoms with Gasteiger partial charge in [-0.1, -0.05) is 23.7 Å². The van der Waals surface area contributed by atoms with Gasteiger partial charge in [-0.05, 0) is 54.1 Å². The Hall–Kier alpha value is -3.05. The average Bonchev–Trinajstić information content (AvgIpc) is 2.73. The van der Waals surface area contributed by atoms with Crippen LogP contribution in [-0.2, 0) is 17.8 Å². The number of pyridine rings is 1. The van der Waals surface area contributed by atoms with Crippen LogP contribution in [-0.4, -0.2) is 25.1 Å². The zero-order valence-electron chi connectivity index (χ0n) is 15.8. The van der Waals surface area contributed by atoms with Crippen molar-refractivity contribution in [3.05, 3.63) is 83.1 Å². The molecule has 1 aromatic heterocycles. The van der Waals surface area contributed by atoms with Crippen LogP contribution in [0.2, 0.25) is 5.02 Å². The molecular weight excluding hydrogens is 376 g/mol. The van der Waals surface area contributed by atoms with Crippen LogP contribution in [0.1, 0.15) is 11.3 Å². The zero-order chi connectivity index (χ0) is 19.9. The molecule has 3 rings (SSSR count). The summed E-state index contributed by atoms with van der Waals surface area (Å²) >= 11 is 6.01. The fraction of sp³-hybridized carbons (Fsp3) is 0.182. The Labute approximate surface area is 169 Å². The Morgan fingerprint density at radius 3 is 2.39 bits per heavy atom. The maximum absolute atomic E-state index is 13.1. The second-order valence-electron chi connectivity index (χ2n) is 6.14. The minimum absolute atomic E-state index is 0.0554. The maximum Gasteiger partial charge on any atom is 0.231 e. The summed E-state index contributed by atoms with van der Waals surface area (Å²) in [4.78, 5) is 19.2. The maximum atomic E-state index is 13.1. The first kappa shape index (κ1) is 19.7. The fourth-order valence-electron chi connectivity index (χ4n) is 2.86. The van der Waals surface area contributed by atoms with Gasteiger partial charge < -0.3 is 14.4 Å². The molecule has 0 saturated heterocycles. The number of amides is 1. The molecule has 3 aromatic rings. The van der Waals surface area contributed by atoms with E-state index < -0.39 is 0 Å². The van der Waals surface area contributed by atoms with Crippen LogP contribution in [0.5, 0.6) is 11.5 Å². The number of nitrogens with zero attached hydrogens (tertiary/aromatic N) is 2. The molecule has 144 valence electrons. The van der Waals surface area contributed by atoms with Gasteiger partial charge >= 0.3 is 0 Å². The van der Waals surface area contributed by atoms with Crippen LogP contribution >= 0.6 is 11.6 Å². The summed E-state index contributed by atoms with van der Waals surface area (Å²) in [7, 11) is 3.16. The molecule has 5 nitrogen and oxygen atoms in total. The predicted molar refractivity (Wildman–Crippen MR) is 110 cm³/mol. The summed E-state index contributed by atoms with van der Waals surface area (Å²) in [5.41, 5.74) is 2.40. The van der Waals surface area contributed by atoms with Crippen molar-refractivity contribution in [1.29, 1.82) is 0 Å². The molecule has 0 aliphatic carbocycles. The van der Waals surface area contributed by atoms with Crippen LogP contribution < -0.4 is 14.4 Å². The van der Waals surface area contributed by atoms with E-state index in [0.29, 0.717) is 23.1 Å². The lowest BCUT2D eigenvalue weighted by atomic mass is 10.1. The third-order valence-corrected chi connectivity index (χ3v) is 4.54. The number of halogens is 1. The molecule has 0 fully saturated rings. The first-order chi connectivity index (χ1) is 13.6. The number of ether oxygens (including phenoxy) is 2. The van der Waals surface area contributed by atoms with Gasteiger partial charge in [0.15, 0.2) is 11.5 Å². The van der Waals surface area contributed by atoms with E-state index in [1.807, 2.05) is 42.5 Å². The molecule has 0 saturated carbocycles. The van der Waals surface area contributed by atoms with Crippen LogP contribution in [0.15, 0.2) is 66.9 Å². The van der Waals surface area contributed by atoms with Gasteiger partial charge in [0.05, 0.1) is 32.9 Å². The molecule has 0 radical (unpaired) electrons. The highest BCUT2D eigenvalue weighted by Crippen LogP contribution is 2.28. The van der Waals surface area contributed by atoms with Crippen molar-refractivity contribution >= 4 is 23.2 Å². The Balaban J connectivity index is 1.86. The van der Waals surface area contributed by atoms with E-state index >= 15 is 0 Å². The lowest BCUT2D eigenvalue weighted by molar-refractivity contribution is -0.118. The molecule has 0 atom stereocenters. The summed E-state index contributed by atoms with van der Waals surface area (Å²) in [5.74, 6) is 1.16. The average molecular weight is 397 g/mol. The van der Waals surface area contributed by atoms with Crippen molar-refractivity contribution in [3.63, 3.8) is 0 Å². The molecule has 2 aromatic carbocycles. The minimum atomic E-state index is -0.0554. The van der Waals surface area contributed by atoms with Crippen molar-refractivity contribution in [1.82, 2.24) is 4.98 Å². The Bertz CT molecular complexity index is 930. The summed E-state index contributed by atoms with van der Waals surface area (Å²) in [6.45, 7) is 0.370. The molecule has 1 heterocycles. The van der Waals surface area contributed by atoms with Gasteiger partial charge in [-0.3, -0.25) is 9.78 Å². The van der Waals surface area contributed by atoms with Crippen LogP contribution in [0, 0.1) is 0 Å². The van der Waals surface area contributed by atoms with Gasteiger partial charge in [0.25, 0.3) is 0 Å². The summed E-state index contributed by atoms with van der Waals surface area (Å²) < 4.78 is 10.6. The van der Waals surface area contributed by atoms with Crippen molar-refractivity contribution in [2.24, 2.45) is 0 Å². The quantitative estimate of drug-likeness (QED) is 0.588. The highest BCUT2D eigenvalue weighted by molar-refractivity contribution is 6.30. The molecule has 28 heavy (non-hydrogen) atoms. The lowest BCUT2D eigenvalue weighted by Gasteiger charge is -2.23. The molecular formula is C22H21ClN2O3. The van der Waals surface area contributed by atoms with Crippen molar-refractivity contribution in [2.75, 3.05) is 19.1 Å². The van der Waals surface area contributed by atoms with Crippen LogP contribution in [0.3, 0.4) is 0 Å². The van der Waals surface area contributed by atoms with Crippen molar-refractivity contribution < 1.29 is 14.3 Å². The second-order valence-corrected chi connectivity index (χ2v) is 6.58. The normalized spacial score (nSPS) is 10.4. The zero-order valence-corrected chi connectivity index (χ0v) is 16.5. The fourth-order valence-corrected chi connectivity index (χ4v) is 2.98. The monoisotopic (exact) mass is 396 g/mol. The Morgan fingerprint density at radius 2 is 1.75 bits per heavy atom. The summed E-state index contributed by atoms with van der Waals surface area (Å²) in [5, 5.41) is 0.619. The van der Waals surface area contributed by atoms with E-state index in [1.54, 1.807) is 43.5 Å². The number of carbonyl (C=O) groups is 1. The van der Waals surface area contributed by atoms with E-state index in [4.69, 9.17) is 21.1 Å². The molecule has 0 bridgehead atoms. The van der Waals surface area contributed by atoms with E-state index in [0.717, 1.165) is 16.9 Å². The van der Waals surface area contributed by atoms with Gasteiger partial charge in [0.1, 0.15) is 0 Å². The number of hydrogen-bond donors (Lipinski definition) is 0. The first-order valence-electron chi connectivity index (χ1n) is 8.77. The molecule has 0 N–H and O–H groups in total. The second kappa shape index (κ2) is 9.24. The third-order valence-electron chi connectivity index (χ3n) is 4.29. The summed E-state index contributed by atoms with van der Waals surface area (Å²) in [6, 6.07) is 18.3. The lowest BCUT2D eigenvalue weighted by Crippen LogP contribution is -2.32. The topological polar surface area (TPSA) is 51.7 Å². The Kier molecular flexibility index (Phi) is 6.50. The van der Waals surface area contributed by atoms with Gasteiger partial charge in [-0.15, -0.1) is 0 Å². The molecule has 0 aliphatic rings. The number of benzene rings is 2. The number of anilines is 1. The number of hydrogen-bond acceptors (Lipinski definition) is 4. The van der Waals surface area contributed by atoms with Gasteiger partial charge in [0, 0.05) is 16.9 Å².